The fraction of sp³-hybridized carbons (Fsp3) is 0.565. The largest absolute Gasteiger partial charge is 0.373 e. The molecule has 0 saturated carbocycles. The Kier molecular flexibility index (Phi) is 7.55. The zero-order chi connectivity index (χ0) is 21.8. The van der Waals surface area contributed by atoms with Crippen LogP contribution in [-0.4, -0.2) is 59.0 Å². The summed E-state index contributed by atoms with van der Waals surface area (Å²) in [4.78, 5) is 14.9. The van der Waals surface area contributed by atoms with Crippen LogP contribution in [0.5, 0.6) is 0 Å². The monoisotopic (exact) mass is 432 g/mol. The Hall–Kier alpha value is -1.89. The first-order chi connectivity index (χ1) is 14.2. The lowest BCUT2D eigenvalue weighted by Crippen LogP contribution is -2.46. The second kappa shape index (κ2) is 9.94. The van der Waals surface area contributed by atoms with Crippen molar-refractivity contribution in [2.75, 3.05) is 26.2 Å². The van der Waals surface area contributed by atoms with Crippen molar-refractivity contribution < 1.29 is 9.53 Å². The SMILES string of the molecule is Cc1ccc(-n2nc(C)c(CC(=O)NCCCN3CC(C)OC(C)C3)c2C)cc1Cl. The number of nitrogens with one attached hydrogen (secondary N) is 1. The molecule has 6 nitrogen and oxygen atoms in total. The third-order valence-corrected chi connectivity index (χ3v) is 6.05. The zero-order valence-corrected chi connectivity index (χ0v) is 19.4. The lowest BCUT2D eigenvalue weighted by atomic mass is 10.1. The first-order valence-corrected chi connectivity index (χ1v) is 11.1. The van der Waals surface area contributed by atoms with E-state index in [1.165, 1.54) is 0 Å². The van der Waals surface area contributed by atoms with Crippen LogP contribution in [0.2, 0.25) is 5.02 Å². The number of morpholine rings is 1. The Bertz CT molecular complexity index is 886. The number of amides is 1. The molecule has 2 aromatic rings. The zero-order valence-electron chi connectivity index (χ0n) is 18.7. The fourth-order valence-electron chi connectivity index (χ4n) is 4.12. The van der Waals surface area contributed by atoms with Gasteiger partial charge in [-0.05, 0) is 58.7 Å². The molecule has 1 fully saturated rings. The number of hydrogen-bond donors (Lipinski definition) is 1. The van der Waals surface area contributed by atoms with Gasteiger partial charge in [0.1, 0.15) is 0 Å². The normalized spacial score (nSPS) is 19.8. The third-order valence-electron chi connectivity index (χ3n) is 5.65. The van der Waals surface area contributed by atoms with E-state index in [4.69, 9.17) is 16.3 Å². The van der Waals surface area contributed by atoms with E-state index in [9.17, 15) is 4.79 Å². The minimum Gasteiger partial charge on any atom is -0.373 e. The molecular weight excluding hydrogens is 400 g/mol. The van der Waals surface area contributed by atoms with Crippen LogP contribution >= 0.6 is 11.6 Å². The average Bonchev–Trinajstić information content (AvgIpc) is 2.95. The van der Waals surface area contributed by atoms with Crippen LogP contribution in [-0.2, 0) is 16.0 Å². The summed E-state index contributed by atoms with van der Waals surface area (Å²) in [5.41, 5.74) is 4.75. The van der Waals surface area contributed by atoms with E-state index in [2.05, 4.69) is 29.2 Å². The van der Waals surface area contributed by atoms with Crippen LogP contribution in [0.3, 0.4) is 0 Å². The molecule has 0 spiro atoms. The molecule has 2 atom stereocenters. The van der Waals surface area contributed by atoms with Gasteiger partial charge in [-0.1, -0.05) is 17.7 Å². The van der Waals surface area contributed by atoms with Gasteiger partial charge in [-0.15, -0.1) is 0 Å². The van der Waals surface area contributed by atoms with Crippen molar-refractivity contribution in [1.82, 2.24) is 20.0 Å². The summed E-state index contributed by atoms with van der Waals surface area (Å²) in [5, 5.41) is 8.41. The first kappa shape index (κ1) is 22.8. The molecule has 2 heterocycles. The minimum atomic E-state index is 0.0337. The number of ether oxygens (including phenoxy) is 1. The van der Waals surface area contributed by atoms with Crippen LogP contribution in [0.4, 0.5) is 0 Å². The van der Waals surface area contributed by atoms with Gasteiger partial charge in [-0.3, -0.25) is 9.69 Å². The molecule has 1 aromatic heterocycles. The molecule has 3 rings (SSSR count). The van der Waals surface area contributed by atoms with E-state index in [0.29, 0.717) is 18.0 Å². The second-order valence-corrected chi connectivity index (χ2v) is 8.80. The van der Waals surface area contributed by atoms with Crippen molar-refractivity contribution in [1.29, 1.82) is 0 Å². The van der Waals surface area contributed by atoms with E-state index < -0.39 is 0 Å². The van der Waals surface area contributed by atoms with Crippen LogP contribution in [0.15, 0.2) is 18.2 Å². The van der Waals surface area contributed by atoms with Crippen LogP contribution < -0.4 is 5.32 Å². The minimum absolute atomic E-state index is 0.0337. The lowest BCUT2D eigenvalue weighted by Gasteiger charge is -2.35. The molecule has 0 radical (unpaired) electrons. The van der Waals surface area contributed by atoms with E-state index >= 15 is 0 Å². The van der Waals surface area contributed by atoms with E-state index in [0.717, 1.165) is 54.3 Å². The molecule has 1 saturated heterocycles. The highest BCUT2D eigenvalue weighted by molar-refractivity contribution is 6.31. The molecular formula is C23H33ClN4O2. The number of rotatable bonds is 7. The Balaban J connectivity index is 1.53. The molecule has 0 aliphatic carbocycles. The molecule has 1 N–H and O–H groups in total. The highest BCUT2D eigenvalue weighted by Gasteiger charge is 2.21. The standard InChI is InChI=1S/C23H33ClN4O2/c1-15-7-8-20(11-22(15)24)28-19(5)21(18(4)26-28)12-23(29)25-9-6-10-27-13-16(2)30-17(3)14-27/h7-8,11,16-17H,6,9-10,12-14H2,1-5H3,(H,25,29). The summed E-state index contributed by atoms with van der Waals surface area (Å²) < 4.78 is 7.63. The van der Waals surface area contributed by atoms with Crippen molar-refractivity contribution in [3.05, 3.63) is 45.7 Å². The van der Waals surface area contributed by atoms with Crippen molar-refractivity contribution in [2.45, 2.75) is 59.7 Å². The molecule has 1 amide bonds. The number of hydrogen-bond acceptors (Lipinski definition) is 4. The number of carbonyl (C=O) groups excluding carboxylic acids is 1. The van der Waals surface area contributed by atoms with Crippen LogP contribution in [0.1, 0.15) is 42.8 Å². The Labute approximate surface area is 184 Å². The van der Waals surface area contributed by atoms with E-state index in [1.54, 1.807) is 0 Å². The third kappa shape index (κ3) is 5.62. The van der Waals surface area contributed by atoms with Gasteiger partial charge in [0.2, 0.25) is 5.91 Å². The van der Waals surface area contributed by atoms with Crippen molar-refractivity contribution in [3.63, 3.8) is 0 Å². The first-order valence-electron chi connectivity index (χ1n) is 10.7. The number of nitrogens with zero attached hydrogens (tertiary/aromatic N) is 3. The van der Waals surface area contributed by atoms with Gasteiger partial charge in [-0.25, -0.2) is 4.68 Å². The number of carbonyl (C=O) groups is 1. The maximum absolute atomic E-state index is 12.5. The number of aryl methyl sites for hydroxylation is 2. The average molecular weight is 433 g/mol. The predicted molar refractivity (Wildman–Crippen MR) is 121 cm³/mol. The number of benzene rings is 1. The molecule has 1 aromatic carbocycles. The number of aromatic nitrogens is 2. The van der Waals surface area contributed by atoms with Crippen LogP contribution in [0.25, 0.3) is 5.69 Å². The summed E-state index contributed by atoms with van der Waals surface area (Å²) in [6.45, 7) is 13.7. The summed E-state index contributed by atoms with van der Waals surface area (Å²) in [7, 11) is 0. The molecule has 1 aliphatic heterocycles. The molecule has 7 heteroatoms. The maximum atomic E-state index is 12.5. The van der Waals surface area contributed by atoms with Crippen molar-refractivity contribution in [2.24, 2.45) is 0 Å². The van der Waals surface area contributed by atoms with E-state index in [-0.39, 0.29) is 18.1 Å². The molecule has 0 bridgehead atoms. The van der Waals surface area contributed by atoms with Crippen molar-refractivity contribution >= 4 is 17.5 Å². The molecule has 1 aliphatic rings. The van der Waals surface area contributed by atoms with Gasteiger partial charge >= 0.3 is 0 Å². The van der Waals surface area contributed by atoms with Crippen LogP contribution in [0, 0.1) is 20.8 Å². The van der Waals surface area contributed by atoms with Gasteiger partial charge in [-0.2, -0.15) is 5.10 Å². The summed E-state index contributed by atoms with van der Waals surface area (Å²) in [5.74, 6) is 0.0337. The topological polar surface area (TPSA) is 59.4 Å². The van der Waals surface area contributed by atoms with Gasteiger partial charge in [0.25, 0.3) is 0 Å². The Morgan fingerprint density at radius 3 is 2.60 bits per heavy atom. The van der Waals surface area contributed by atoms with Gasteiger partial charge in [0, 0.05) is 42.5 Å². The van der Waals surface area contributed by atoms with E-state index in [1.807, 2.05) is 43.7 Å². The highest BCUT2D eigenvalue weighted by Crippen LogP contribution is 2.23. The fourth-order valence-corrected chi connectivity index (χ4v) is 4.29. The summed E-state index contributed by atoms with van der Waals surface area (Å²) in [6.07, 6.45) is 1.82. The number of halogens is 1. The maximum Gasteiger partial charge on any atom is 0.224 e. The molecule has 30 heavy (non-hydrogen) atoms. The quantitative estimate of drug-likeness (QED) is 0.679. The summed E-state index contributed by atoms with van der Waals surface area (Å²) in [6, 6.07) is 5.89. The Morgan fingerprint density at radius 1 is 1.23 bits per heavy atom. The van der Waals surface area contributed by atoms with Gasteiger partial charge in [0.15, 0.2) is 0 Å². The highest BCUT2D eigenvalue weighted by atomic mass is 35.5. The van der Waals surface area contributed by atoms with Crippen molar-refractivity contribution in [3.8, 4) is 5.69 Å². The summed E-state index contributed by atoms with van der Waals surface area (Å²) >= 11 is 6.27. The smallest absolute Gasteiger partial charge is 0.224 e. The molecule has 164 valence electrons. The Morgan fingerprint density at radius 2 is 1.93 bits per heavy atom. The van der Waals surface area contributed by atoms with Gasteiger partial charge < -0.3 is 10.1 Å². The van der Waals surface area contributed by atoms with Gasteiger partial charge in [0.05, 0.1) is 30.0 Å². The lowest BCUT2D eigenvalue weighted by molar-refractivity contribution is -0.120. The molecule has 2 unspecified atom stereocenters. The predicted octanol–water partition coefficient (Wildman–Crippen LogP) is 3.61. The second-order valence-electron chi connectivity index (χ2n) is 8.39.